The first-order chi connectivity index (χ1) is 8.47. The van der Waals surface area contributed by atoms with Gasteiger partial charge in [-0.2, -0.15) is 0 Å². The van der Waals surface area contributed by atoms with Crippen molar-refractivity contribution >= 4 is 34.6 Å². The average Bonchev–Trinajstić information content (AvgIpc) is 2.25. The van der Waals surface area contributed by atoms with Gasteiger partial charge in [-0.15, -0.1) is 0 Å². The summed E-state index contributed by atoms with van der Waals surface area (Å²) in [7, 11) is 0. The van der Waals surface area contributed by atoms with E-state index in [1.54, 1.807) is 30.3 Å². The summed E-state index contributed by atoms with van der Waals surface area (Å²) < 4.78 is 5.71. The number of nitrogens with two attached hydrogens (primary N) is 2. The average molecular weight is 283 g/mol. The van der Waals surface area contributed by atoms with Crippen molar-refractivity contribution in [1.29, 1.82) is 0 Å². The van der Waals surface area contributed by atoms with E-state index in [9.17, 15) is 0 Å². The molecule has 0 aliphatic rings. The maximum Gasteiger partial charge on any atom is 0.153 e. The van der Waals surface area contributed by atoms with Crippen molar-refractivity contribution in [3.8, 4) is 11.5 Å². The standard InChI is InChI=1S/C13H12Cl2N2O/c1-7-4-9(16)6-11(17)13(7)18-12-3-2-8(14)5-10(12)15/h2-6H,16-17H2,1H3. The van der Waals surface area contributed by atoms with Gasteiger partial charge in [0.2, 0.25) is 0 Å². The second-order valence-corrected chi connectivity index (χ2v) is 4.78. The summed E-state index contributed by atoms with van der Waals surface area (Å²) in [5, 5.41) is 0.979. The first kappa shape index (κ1) is 12.9. The van der Waals surface area contributed by atoms with Gasteiger partial charge in [-0.1, -0.05) is 23.2 Å². The Balaban J connectivity index is 2.40. The van der Waals surface area contributed by atoms with E-state index in [1.807, 2.05) is 6.92 Å². The van der Waals surface area contributed by atoms with Crippen molar-refractivity contribution in [1.82, 2.24) is 0 Å². The van der Waals surface area contributed by atoms with Crippen LogP contribution in [0.1, 0.15) is 5.56 Å². The van der Waals surface area contributed by atoms with E-state index in [1.165, 1.54) is 0 Å². The minimum absolute atomic E-state index is 0.429. The number of anilines is 2. The van der Waals surface area contributed by atoms with Gasteiger partial charge in [0.15, 0.2) is 5.75 Å². The molecule has 2 rings (SSSR count). The van der Waals surface area contributed by atoms with Crippen LogP contribution in [-0.4, -0.2) is 0 Å². The zero-order valence-electron chi connectivity index (χ0n) is 9.71. The lowest BCUT2D eigenvalue weighted by atomic mass is 10.1. The third-order valence-corrected chi connectivity index (χ3v) is 2.96. The number of ether oxygens (including phenoxy) is 1. The van der Waals surface area contributed by atoms with Gasteiger partial charge in [0, 0.05) is 10.7 Å². The summed E-state index contributed by atoms with van der Waals surface area (Å²) in [6.45, 7) is 1.87. The quantitative estimate of drug-likeness (QED) is 0.809. The molecule has 5 heteroatoms. The number of aryl methyl sites for hydroxylation is 1. The molecular formula is C13H12Cl2N2O. The van der Waals surface area contributed by atoms with Crippen LogP contribution in [0.2, 0.25) is 10.0 Å². The topological polar surface area (TPSA) is 61.3 Å². The Morgan fingerprint density at radius 2 is 1.78 bits per heavy atom. The van der Waals surface area contributed by atoms with Crippen LogP contribution in [0.5, 0.6) is 11.5 Å². The Morgan fingerprint density at radius 3 is 2.39 bits per heavy atom. The molecule has 0 saturated heterocycles. The number of nitrogen functional groups attached to an aromatic ring is 2. The minimum Gasteiger partial charge on any atom is -0.453 e. The Labute approximate surface area is 115 Å². The molecule has 0 heterocycles. The van der Waals surface area contributed by atoms with Crippen molar-refractivity contribution in [3.63, 3.8) is 0 Å². The molecule has 0 spiro atoms. The second-order valence-electron chi connectivity index (χ2n) is 3.93. The van der Waals surface area contributed by atoms with E-state index in [2.05, 4.69) is 0 Å². The zero-order valence-corrected chi connectivity index (χ0v) is 11.2. The summed E-state index contributed by atoms with van der Waals surface area (Å²) in [5.41, 5.74) is 13.5. The predicted molar refractivity (Wildman–Crippen MR) is 76.5 cm³/mol. The molecule has 0 atom stereocenters. The van der Waals surface area contributed by atoms with Gasteiger partial charge in [0.1, 0.15) is 5.75 Å². The molecule has 0 aliphatic carbocycles. The molecule has 18 heavy (non-hydrogen) atoms. The Bertz CT molecular complexity index is 577. The molecule has 0 saturated carbocycles. The lowest BCUT2D eigenvalue weighted by molar-refractivity contribution is 0.481. The SMILES string of the molecule is Cc1cc(N)cc(N)c1Oc1ccc(Cl)cc1Cl. The molecule has 2 aromatic rings. The van der Waals surface area contributed by atoms with E-state index in [-0.39, 0.29) is 0 Å². The molecule has 0 amide bonds. The molecule has 0 bridgehead atoms. The third-order valence-electron chi connectivity index (χ3n) is 2.43. The van der Waals surface area contributed by atoms with Gasteiger partial charge in [-0.25, -0.2) is 0 Å². The number of benzene rings is 2. The molecule has 94 valence electrons. The molecule has 0 aliphatic heterocycles. The molecule has 0 fully saturated rings. The van der Waals surface area contributed by atoms with E-state index in [0.29, 0.717) is 32.9 Å². The van der Waals surface area contributed by atoms with Crippen LogP contribution in [-0.2, 0) is 0 Å². The van der Waals surface area contributed by atoms with Gasteiger partial charge in [-0.05, 0) is 42.8 Å². The van der Waals surface area contributed by atoms with Crippen LogP contribution in [0.3, 0.4) is 0 Å². The summed E-state index contributed by atoms with van der Waals surface area (Å²) >= 11 is 11.9. The minimum atomic E-state index is 0.429. The number of rotatable bonds is 2. The maximum absolute atomic E-state index is 6.04. The van der Waals surface area contributed by atoms with Crippen molar-refractivity contribution in [2.24, 2.45) is 0 Å². The summed E-state index contributed by atoms with van der Waals surface area (Å²) in [5.74, 6) is 1.05. The van der Waals surface area contributed by atoms with Crippen LogP contribution in [0.4, 0.5) is 11.4 Å². The van der Waals surface area contributed by atoms with Crippen molar-refractivity contribution in [3.05, 3.63) is 45.9 Å². The predicted octanol–water partition coefficient (Wildman–Crippen LogP) is 4.26. The Morgan fingerprint density at radius 1 is 1.06 bits per heavy atom. The summed E-state index contributed by atoms with van der Waals surface area (Å²) in [6, 6.07) is 8.44. The molecule has 4 N–H and O–H groups in total. The van der Waals surface area contributed by atoms with Crippen LogP contribution in [0.25, 0.3) is 0 Å². The summed E-state index contributed by atoms with van der Waals surface area (Å²) in [4.78, 5) is 0. The Kier molecular flexibility index (Phi) is 3.55. The number of halogens is 2. The lowest BCUT2D eigenvalue weighted by Gasteiger charge is -2.13. The van der Waals surface area contributed by atoms with Crippen molar-refractivity contribution < 1.29 is 4.74 Å². The summed E-state index contributed by atoms with van der Waals surface area (Å²) in [6.07, 6.45) is 0. The van der Waals surface area contributed by atoms with Gasteiger partial charge in [-0.3, -0.25) is 0 Å². The maximum atomic E-state index is 6.04. The second kappa shape index (κ2) is 4.96. The third kappa shape index (κ3) is 2.63. The molecule has 0 unspecified atom stereocenters. The van der Waals surface area contributed by atoms with Crippen molar-refractivity contribution in [2.45, 2.75) is 6.92 Å². The molecule has 0 aromatic heterocycles. The highest BCUT2D eigenvalue weighted by Gasteiger charge is 2.10. The molecule has 3 nitrogen and oxygen atoms in total. The molecule has 2 aromatic carbocycles. The van der Waals surface area contributed by atoms with E-state index in [0.717, 1.165) is 5.56 Å². The van der Waals surface area contributed by atoms with E-state index >= 15 is 0 Å². The fourth-order valence-electron chi connectivity index (χ4n) is 1.64. The van der Waals surface area contributed by atoms with Crippen molar-refractivity contribution in [2.75, 3.05) is 11.5 Å². The molecule has 0 radical (unpaired) electrons. The lowest BCUT2D eigenvalue weighted by Crippen LogP contribution is -1.97. The van der Waals surface area contributed by atoms with E-state index in [4.69, 9.17) is 39.4 Å². The largest absolute Gasteiger partial charge is 0.453 e. The van der Waals surface area contributed by atoms with E-state index < -0.39 is 0 Å². The molecular weight excluding hydrogens is 271 g/mol. The van der Waals surface area contributed by atoms with Gasteiger partial charge in [0.05, 0.1) is 10.7 Å². The highest BCUT2D eigenvalue weighted by Crippen LogP contribution is 2.36. The zero-order chi connectivity index (χ0) is 13.3. The van der Waals surface area contributed by atoms with Crippen LogP contribution in [0, 0.1) is 6.92 Å². The number of hydrogen-bond acceptors (Lipinski definition) is 3. The van der Waals surface area contributed by atoms with Gasteiger partial charge < -0.3 is 16.2 Å². The van der Waals surface area contributed by atoms with Crippen LogP contribution in [0.15, 0.2) is 30.3 Å². The van der Waals surface area contributed by atoms with Crippen LogP contribution >= 0.6 is 23.2 Å². The first-order valence-electron chi connectivity index (χ1n) is 5.26. The Hall–Kier alpha value is -1.58. The fourth-order valence-corrected chi connectivity index (χ4v) is 2.08. The smallest absolute Gasteiger partial charge is 0.153 e. The van der Waals surface area contributed by atoms with Gasteiger partial charge in [0.25, 0.3) is 0 Å². The van der Waals surface area contributed by atoms with Gasteiger partial charge >= 0.3 is 0 Å². The highest BCUT2D eigenvalue weighted by molar-refractivity contribution is 6.35. The normalized spacial score (nSPS) is 10.4. The highest BCUT2D eigenvalue weighted by atomic mass is 35.5. The number of hydrogen-bond donors (Lipinski definition) is 2. The first-order valence-corrected chi connectivity index (χ1v) is 6.01. The fraction of sp³-hybridized carbons (Fsp3) is 0.0769. The monoisotopic (exact) mass is 282 g/mol. The van der Waals surface area contributed by atoms with Crippen LogP contribution < -0.4 is 16.2 Å².